The van der Waals surface area contributed by atoms with E-state index in [9.17, 15) is 13.2 Å². The summed E-state index contributed by atoms with van der Waals surface area (Å²) in [6, 6.07) is -0.151. The summed E-state index contributed by atoms with van der Waals surface area (Å²) < 4.78 is 76.3. The minimum absolute atomic E-state index is 0.0377. The zero-order valence-corrected chi connectivity index (χ0v) is 18.9. The van der Waals surface area contributed by atoms with Crippen molar-refractivity contribution >= 4 is 23.2 Å². The average Bonchev–Trinajstić information content (AvgIpc) is 3.43. The SMILES string of the molecule is C[C@H](Nc1c(-c2c(F)cc(OCCCN3CCCC3)cc2F)c(Cl)nc2ncnn12)C(F)(F)F. The molecule has 1 aliphatic heterocycles. The Morgan fingerprint density at radius 2 is 1.82 bits per heavy atom. The second-order valence-electron chi connectivity index (χ2n) is 8.02. The standard InChI is InChI=1S/C21H22ClF5N6O/c1-12(21(25,26)27)30-19-17(18(22)31-20-28-11-29-33(19)20)16-14(23)9-13(10-15(16)24)34-8-4-7-32-5-2-3-6-32/h9-12,30H,2-8H2,1H3/t12-/m0/s1. The van der Waals surface area contributed by atoms with Gasteiger partial charge in [0, 0.05) is 18.7 Å². The van der Waals surface area contributed by atoms with Crippen LogP contribution in [0.5, 0.6) is 5.75 Å². The maximum atomic E-state index is 15.1. The van der Waals surface area contributed by atoms with Gasteiger partial charge in [-0.15, -0.1) is 0 Å². The summed E-state index contributed by atoms with van der Waals surface area (Å²) in [7, 11) is 0. The molecule has 0 amide bonds. The van der Waals surface area contributed by atoms with E-state index in [1.165, 1.54) is 0 Å². The molecule has 1 saturated heterocycles. The number of hydrogen-bond donors (Lipinski definition) is 1. The smallest absolute Gasteiger partial charge is 0.408 e. The van der Waals surface area contributed by atoms with Crippen LogP contribution in [-0.2, 0) is 0 Å². The molecule has 0 aliphatic carbocycles. The van der Waals surface area contributed by atoms with Crippen LogP contribution in [0.25, 0.3) is 16.9 Å². The number of anilines is 1. The molecular weight excluding hydrogens is 483 g/mol. The van der Waals surface area contributed by atoms with Gasteiger partial charge in [0.25, 0.3) is 5.78 Å². The lowest BCUT2D eigenvalue weighted by Crippen LogP contribution is -2.34. The van der Waals surface area contributed by atoms with E-state index >= 15 is 8.78 Å². The summed E-state index contributed by atoms with van der Waals surface area (Å²) in [5, 5.41) is 5.58. The van der Waals surface area contributed by atoms with E-state index in [1.807, 2.05) is 0 Å². The van der Waals surface area contributed by atoms with Crippen molar-refractivity contribution in [2.75, 3.05) is 31.6 Å². The third kappa shape index (κ3) is 5.17. The number of fused-ring (bicyclic) bond motifs is 1. The van der Waals surface area contributed by atoms with Crippen LogP contribution in [0.4, 0.5) is 27.8 Å². The van der Waals surface area contributed by atoms with Crippen molar-refractivity contribution in [1.29, 1.82) is 0 Å². The topological polar surface area (TPSA) is 67.6 Å². The molecule has 0 spiro atoms. The Balaban J connectivity index is 1.64. The van der Waals surface area contributed by atoms with Gasteiger partial charge in [0.1, 0.15) is 40.7 Å². The fourth-order valence-corrected chi connectivity index (χ4v) is 4.07. The highest BCUT2D eigenvalue weighted by Gasteiger charge is 2.37. The first-order valence-corrected chi connectivity index (χ1v) is 11.1. The van der Waals surface area contributed by atoms with Gasteiger partial charge < -0.3 is 15.0 Å². The number of halogens is 6. The monoisotopic (exact) mass is 504 g/mol. The highest BCUT2D eigenvalue weighted by Crippen LogP contribution is 2.39. The van der Waals surface area contributed by atoms with Gasteiger partial charge in [-0.2, -0.15) is 32.8 Å². The second-order valence-corrected chi connectivity index (χ2v) is 8.38. The zero-order valence-electron chi connectivity index (χ0n) is 18.2. The average molecular weight is 505 g/mol. The molecule has 184 valence electrons. The predicted molar refractivity (Wildman–Crippen MR) is 116 cm³/mol. The van der Waals surface area contributed by atoms with Crippen LogP contribution in [0.15, 0.2) is 18.5 Å². The highest BCUT2D eigenvalue weighted by molar-refractivity contribution is 6.33. The lowest BCUT2D eigenvalue weighted by molar-refractivity contribution is -0.138. The quantitative estimate of drug-likeness (QED) is 0.266. The molecule has 1 fully saturated rings. The number of alkyl halides is 3. The van der Waals surface area contributed by atoms with Gasteiger partial charge in [0.2, 0.25) is 0 Å². The van der Waals surface area contributed by atoms with E-state index in [4.69, 9.17) is 16.3 Å². The molecule has 3 aromatic rings. The van der Waals surface area contributed by atoms with E-state index in [1.54, 1.807) is 0 Å². The number of nitrogens with one attached hydrogen (secondary N) is 1. The molecule has 0 unspecified atom stereocenters. The summed E-state index contributed by atoms with van der Waals surface area (Å²) in [5.74, 6) is -2.70. The lowest BCUT2D eigenvalue weighted by atomic mass is 10.1. The van der Waals surface area contributed by atoms with Gasteiger partial charge >= 0.3 is 6.18 Å². The van der Waals surface area contributed by atoms with Gasteiger partial charge in [0.05, 0.1) is 17.7 Å². The van der Waals surface area contributed by atoms with E-state index in [-0.39, 0.29) is 18.1 Å². The number of rotatable bonds is 8. The maximum absolute atomic E-state index is 15.1. The normalized spacial score (nSPS) is 15.7. The summed E-state index contributed by atoms with van der Waals surface area (Å²) in [6.07, 6.45) is -0.598. The largest absolute Gasteiger partial charge is 0.493 e. The molecule has 13 heteroatoms. The van der Waals surface area contributed by atoms with Crippen molar-refractivity contribution in [3.05, 3.63) is 35.2 Å². The van der Waals surface area contributed by atoms with Crippen LogP contribution in [0.1, 0.15) is 26.2 Å². The van der Waals surface area contributed by atoms with E-state index in [0.717, 1.165) is 62.4 Å². The van der Waals surface area contributed by atoms with Crippen molar-refractivity contribution in [1.82, 2.24) is 24.5 Å². The second kappa shape index (κ2) is 9.87. The van der Waals surface area contributed by atoms with Gasteiger partial charge in [-0.1, -0.05) is 11.6 Å². The van der Waals surface area contributed by atoms with Crippen molar-refractivity contribution in [2.24, 2.45) is 0 Å². The number of ether oxygens (including phenoxy) is 1. The first-order chi connectivity index (χ1) is 16.1. The van der Waals surface area contributed by atoms with Crippen LogP contribution in [-0.4, -0.2) is 62.9 Å². The van der Waals surface area contributed by atoms with Gasteiger partial charge in [-0.05, 0) is 39.3 Å². The number of likely N-dealkylation sites (tertiary alicyclic amines) is 1. The van der Waals surface area contributed by atoms with E-state index in [0.29, 0.717) is 6.42 Å². The molecule has 1 atom stereocenters. The molecular formula is C21H22ClF5N6O. The van der Waals surface area contributed by atoms with Crippen LogP contribution in [0.2, 0.25) is 5.15 Å². The highest BCUT2D eigenvalue weighted by atomic mass is 35.5. The van der Waals surface area contributed by atoms with Crippen LogP contribution < -0.4 is 10.1 Å². The molecule has 7 nitrogen and oxygen atoms in total. The van der Waals surface area contributed by atoms with Gasteiger partial charge in [0.15, 0.2) is 0 Å². The molecule has 2 aromatic heterocycles. The summed E-state index contributed by atoms with van der Waals surface area (Å²) in [6.45, 7) is 4.01. The molecule has 1 aliphatic rings. The molecule has 3 heterocycles. The molecule has 4 rings (SSSR count). The predicted octanol–water partition coefficient (Wildman–Crippen LogP) is 4.95. The fourth-order valence-electron chi connectivity index (χ4n) is 3.81. The third-order valence-corrected chi connectivity index (χ3v) is 5.85. The van der Waals surface area contributed by atoms with Crippen LogP contribution in [0.3, 0.4) is 0 Å². The van der Waals surface area contributed by atoms with Crippen molar-refractivity contribution in [2.45, 2.75) is 38.4 Å². The van der Waals surface area contributed by atoms with Crippen molar-refractivity contribution < 1.29 is 26.7 Å². The Morgan fingerprint density at radius 1 is 1.15 bits per heavy atom. The number of nitrogens with zero attached hydrogens (tertiary/aromatic N) is 5. The zero-order chi connectivity index (χ0) is 24.5. The summed E-state index contributed by atoms with van der Waals surface area (Å²) in [5.41, 5.74) is -1.07. The number of hydrogen-bond acceptors (Lipinski definition) is 6. The lowest BCUT2D eigenvalue weighted by Gasteiger charge is -2.22. The van der Waals surface area contributed by atoms with Crippen LogP contribution in [0, 0.1) is 11.6 Å². The maximum Gasteiger partial charge on any atom is 0.408 e. The molecule has 0 saturated carbocycles. The van der Waals surface area contributed by atoms with E-state index < -0.39 is 46.0 Å². The molecule has 0 bridgehead atoms. The summed E-state index contributed by atoms with van der Waals surface area (Å²) in [4.78, 5) is 10.00. The Bertz CT molecular complexity index is 1140. The first-order valence-electron chi connectivity index (χ1n) is 10.7. The van der Waals surface area contributed by atoms with Gasteiger partial charge in [-0.25, -0.2) is 8.78 Å². The third-order valence-electron chi connectivity index (χ3n) is 5.58. The van der Waals surface area contributed by atoms with Crippen molar-refractivity contribution in [3.63, 3.8) is 0 Å². The van der Waals surface area contributed by atoms with Gasteiger partial charge in [-0.3, -0.25) is 0 Å². The molecule has 1 aromatic carbocycles. The first kappa shape index (κ1) is 24.4. The number of aromatic nitrogens is 4. The Labute approximate surface area is 196 Å². The van der Waals surface area contributed by atoms with Crippen LogP contribution >= 0.6 is 11.6 Å². The fraction of sp³-hybridized carbons (Fsp3) is 0.476. The number of benzene rings is 1. The molecule has 0 radical (unpaired) electrons. The van der Waals surface area contributed by atoms with Crippen molar-refractivity contribution in [3.8, 4) is 16.9 Å². The Morgan fingerprint density at radius 3 is 2.47 bits per heavy atom. The Hall–Kier alpha value is -2.73. The Kier molecular flexibility index (Phi) is 7.08. The van der Waals surface area contributed by atoms with E-state index in [2.05, 4.69) is 25.3 Å². The minimum Gasteiger partial charge on any atom is -0.493 e. The minimum atomic E-state index is -4.65. The molecule has 1 N–H and O–H groups in total. The summed E-state index contributed by atoms with van der Waals surface area (Å²) >= 11 is 6.16. The molecule has 34 heavy (non-hydrogen) atoms.